The number of hydrogen-bond acceptors (Lipinski definition) is 2. The quantitative estimate of drug-likeness (QED) is 0.924. The first-order valence-electron chi connectivity index (χ1n) is 6.81. The van der Waals surface area contributed by atoms with Gasteiger partial charge in [0.15, 0.2) is 0 Å². The fraction of sp³-hybridized carbons (Fsp3) is 0.400. The molecule has 1 amide bonds. The minimum Gasteiger partial charge on any atom is -0.369 e. The molecule has 1 aromatic carbocycles. The second kappa shape index (κ2) is 5.02. The Morgan fingerprint density at radius 2 is 2.30 bits per heavy atom. The van der Waals surface area contributed by atoms with Crippen LogP contribution < -0.4 is 4.90 Å². The number of amides is 1. The molecule has 1 atom stereocenters. The summed E-state index contributed by atoms with van der Waals surface area (Å²) in [7, 11) is 1.88. The van der Waals surface area contributed by atoms with E-state index >= 15 is 0 Å². The smallest absolute Gasteiger partial charge is 0.219 e. The van der Waals surface area contributed by atoms with Crippen LogP contribution >= 0.6 is 11.6 Å². The van der Waals surface area contributed by atoms with Gasteiger partial charge in [0, 0.05) is 54.9 Å². The van der Waals surface area contributed by atoms with E-state index in [1.807, 2.05) is 30.3 Å². The van der Waals surface area contributed by atoms with E-state index in [1.54, 1.807) is 6.92 Å². The third-order valence-corrected chi connectivity index (χ3v) is 4.38. The number of hydrogen-bond donors (Lipinski definition) is 1. The summed E-state index contributed by atoms with van der Waals surface area (Å²) in [4.78, 5) is 18.8. The maximum atomic E-state index is 11.5. The van der Waals surface area contributed by atoms with E-state index in [0.29, 0.717) is 0 Å². The third-order valence-electron chi connectivity index (χ3n) is 4.16. The molecule has 106 valence electrons. The summed E-state index contributed by atoms with van der Waals surface area (Å²) < 4.78 is 0. The predicted molar refractivity (Wildman–Crippen MR) is 82.4 cm³/mol. The summed E-state index contributed by atoms with van der Waals surface area (Å²) in [5.74, 6) is 0.120. The molecule has 4 nitrogen and oxygen atoms in total. The molecule has 0 radical (unpaired) electrons. The van der Waals surface area contributed by atoms with Crippen molar-refractivity contribution < 1.29 is 4.79 Å². The number of aromatic nitrogens is 1. The first-order chi connectivity index (χ1) is 9.56. The molecular formula is C15H18ClN3O. The first kappa shape index (κ1) is 13.3. The zero-order chi connectivity index (χ0) is 14.3. The molecule has 0 aliphatic carbocycles. The molecule has 1 aliphatic heterocycles. The van der Waals surface area contributed by atoms with Crippen LogP contribution in [-0.4, -0.2) is 42.0 Å². The van der Waals surface area contributed by atoms with Gasteiger partial charge in [0.05, 0.1) is 6.04 Å². The average molecular weight is 292 g/mol. The lowest BCUT2D eigenvalue weighted by molar-refractivity contribution is -0.129. The van der Waals surface area contributed by atoms with Crippen LogP contribution in [0.5, 0.6) is 0 Å². The maximum absolute atomic E-state index is 11.5. The van der Waals surface area contributed by atoms with Crippen LogP contribution in [-0.2, 0) is 4.79 Å². The Morgan fingerprint density at radius 3 is 3.05 bits per heavy atom. The summed E-state index contributed by atoms with van der Waals surface area (Å²) in [5.41, 5.74) is 2.20. The van der Waals surface area contributed by atoms with E-state index in [1.165, 1.54) is 5.39 Å². The Labute approximate surface area is 123 Å². The molecule has 2 aromatic rings. The number of halogens is 1. The highest BCUT2D eigenvalue weighted by Crippen LogP contribution is 2.33. The zero-order valence-electron chi connectivity index (χ0n) is 11.7. The fourth-order valence-corrected chi connectivity index (χ4v) is 3.12. The number of benzene rings is 1. The van der Waals surface area contributed by atoms with Crippen LogP contribution in [0.15, 0.2) is 24.4 Å². The number of carbonyl (C=O) groups is 1. The van der Waals surface area contributed by atoms with Gasteiger partial charge in [-0.15, -0.1) is 0 Å². The SMILES string of the molecule is CC(=O)N(C)C1CCN(c2cc(Cl)cc3[nH]ccc23)C1. The number of H-pyrrole nitrogens is 1. The van der Waals surface area contributed by atoms with Gasteiger partial charge in [-0.1, -0.05) is 11.6 Å². The molecule has 1 N–H and O–H groups in total. The van der Waals surface area contributed by atoms with Crippen LogP contribution in [0, 0.1) is 0 Å². The van der Waals surface area contributed by atoms with Crippen molar-refractivity contribution in [3.8, 4) is 0 Å². The van der Waals surface area contributed by atoms with Crippen molar-refractivity contribution in [1.82, 2.24) is 9.88 Å². The summed E-state index contributed by atoms with van der Waals surface area (Å²) >= 11 is 6.20. The van der Waals surface area contributed by atoms with Gasteiger partial charge >= 0.3 is 0 Å². The van der Waals surface area contributed by atoms with Crippen LogP contribution in [0.2, 0.25) is 5.02 Å². The Bertz CT molecular complexity index is 652. The second-order valence-electron chi connectivity index (χ2n) is 5.38. The number of carbonyl (C=O) groups excluding carboxylic acids is 1. The molecular weight excluding hydrogens is 274 g/mol. The Morgan fingerprint density at radius 1 is 1.50 bits per heavy atom. The number of likely N-dealkylation sites (N-methyl/N-ethyl adjacent to an activating group) is 1. The van der Waals surface area contributed by atoms with Gasteiger partial charge in [0.2, 0.25) is 5.91 Å². The lowest BCUT2D eigenvalue weighted by Gasteiger charge is -2.25. The van der Waals surface area contributed by atoms with E-state index < -0.39 is 0 Å². The molecule has 1 fully saturated rings. The molecule has 1 unspecified atom stereocenters. The van der Waals surface area contributed by atoms with Crippen molar-refractivity contribution in [3.63, 3.8) is 0 Å². The highest BCUT2D eigenvalue weighted by Gasteiger charge is 2.28. The van der Waals surface area contributed by atoms with Crippen LogP contribution in [0.1, 0.15) is 13.3 Å². The topological polar surface area (TPSA) is 39.3 Å². The van der Waals surface area contributed by atoms with E-state index in [4.69, 9.17) is 11.6 Å². The normalized spacial score (nSPS) is 18.8. The van der Waals surface area contributed by atoms with Crippen LogP contribution in [0.25, 0.3) is 10.9 Å². The molecule has 1 saturated heterocycles. The third kappa shape index (κ3) is 2.24. The number of nitrogens with one attached hydrogen (secondary N) is 1. The van der Waals surface area contributed by atoms with E-state index in [0.717, 1.165) is 35.7 Å². The van der Waals surface area contributed by atoms with Crippen molar-refractivity contribution in [2.45, 2.75) is 19.4 Å². The zero-order valence-corrected chi connectivity index (χ0v) is 12.4. The summed E-state index contributed by atoms with van der Waals surface area (Å²) in [5, 5.41) is 1.92. The largest absolute Gasteiger partial charge is 0.369 e. The number of aromatic amines is 1. The number of nitrogens with zero attached hydrogens (tertiary/aromatic N) is 2. The van der Waals surface area contributed by atoms with Crippen molar-refractivity contribution >= 4 is 34.1 Å². The summed E-state index contributed by atoms with van der Waals surface area (Å²) in [6, 6.07) is 6.30. The van der Waals surface area contributed by atoms with Crippen molar-refractivity contribution in [2.75, 3.05) is 25.0 Å². The number of rotatable bonds is 2. The van der Waals surface area contributed by atoms with Crippen molar-refractivity contribution in [3.05, 3.63) is 29.4 Å². The first-order valence-corrected chi connectivity index (χ1v) is 7.19. The van der Waals surface area contributed by atoms with Gasteiger partial charge in [-0.25, -0.2) is 0 Å². The van der Waals surface area contributed by atoms with E-state index in [2.05, 4.69) is 16.0 Å². The molecule has 1 aliphatic rings. The molecule has 0 saturated carbocycles. The minimum atomic E-state index is 0.120. The van der Waals surface area contributed by atoms with Gasteiger partial charge in [-0.2, -0.15) is 0 Å². The monoisotopic (exact) mass is 291 g/mol. The number of fused-ring (bicyclic) bond motifs is 1. The fourth-order valence-electron chi connectivity index (χ4n) is 2.91. The average Bonchev–Trinajstić information content (AvgIpc) is 3.05. The van der Waals surface area contributed by atoms with Gasteiger partial charge in [0.25, 0.3) is 0 Å². The van der Waals surface area contributed by atoms with Gasteiger partial charge < -0.3 is 14.8 Å². The highest BCUT2D eigenvalue weighted by atomic mass is 35.5. The van der Waals surface area contributed by atoms with Crippen molar-refractivity contribution in [2.24, 2.45) is 0 Å². The molecule has 0 bridgehead atoms. The molecule has 20 heavy (non-hydrogen) atoms. The van der Waals surface area contributed by atoms with Gasteiger partial charge in [-0.3, -0.25) is 4.79 Å². The Hall–Kier alpha value is -1.68. The Balaban J connectivity index is 1.89. The molecule has 3 rings (SSSR count). The summed E-state index contributed by atoms with van der Waals surface area (Å²) in [6.07, 6.45) is 2.92. The Kier molecular flexibility index (Phi) is 3.34. The van der Waals surface area contributed by atoms with Crippen molar-refractivity contribution in [1.29, 1.82) is 0 Å². The lowest BCUT2D eigenvalue weighted by atomic mass is 10.2. The molecule has 5 heteroatoms. The minimum absolute atomic E-state index is 0.120. The molecule has 2 heterocycles. The highest BCUT2D eigenvalue weighted by molar-refractivity contribution is 6.31. The van der Waals surface area contributed by atoms with E-state index in [9.17, 15) is 4.79 Å². The van der Waals surface area contributed by atoms with E-state index in [-0.39, 0.29) is 11.9 Å². The predicted octanol–water partition coefficient (Wildman–Crippen LogP) is 2.88. The molecule has 0 spiro atoms. The van der Waals surface area contributed by atoms with Gasteiger partial charge in [-0.05, 0) is 24.6 Å². The second-order valence-corrected chi connectivity index (χ2v) is 5.82. The number of anilines is 1. The van der Waals surface area contributed by atoms with Gasteiger partial charge in [0.1, 0.15) is 0 Å². The van der Waals surface area contributed by atoms with Crippen LogP contribution in [0.3, 0.4) is 0 Å². The maximum Gasteiger partial charge on any atom is 0.219 e. The standard InChI is InChI=1S/C15H18ClN3O/c1-10(20)18(2)12-4-6-19(9-12)15-8-11(16)7-14-13(15)3-5-17-14/h3,5,7-8,12,17H,4,6,9H2,1-2H3. The molecule has 1 aromatic heterocycles. The lowest BCUT2D eigenvalue weighted by Crippen LogP contribution is -2.37. The van der Waals surface area contributed by atoms with Crippen LogP contribution in [0.4, 0.5) is 5.69 Å². The summed E-state index contributed by atoms with van der Waals surface area (Å²) in [6.45, 7) is 3.42.